The Morgan fingerprint density at radius 3 is 2.95 bits per heavy atom. The van der Waals surface area contributed by atoms with E-state index in [1.54, 1.807) is 11.8 Å². The van der Waals surface area contributed by atoms with Crippen LogP contribution in [0.15, 0.2) is 29.4 Å². The third-order valence-corrected chi connectivity index (χ3v) is 4.75. The highest BCUT2D eigenvalue weighted by Gasteiger charge is 2.23. The number of thioether (sulfide) groups is 1. The van der Waals surface area contributed by atoms with Crippen molar-refractivity contribution in [1.82, 2.24) is 5.32 Å². The molecule has 22 heavy (non-hydrogen) atoms. The number of carbonyl (C=O) groups is 1. The third kappa shape index (κ3) is 5.21. The van der Waals surface area contributed by atoms with E-state index in [-0.39, 0.29) is 12.0 Å². The van der Waals surface area contributed by atoms with E-state index in [1.807, 2.05) is 24.3 Å². The van der Waals surface area contributed by atoms with E-state index in [0.717, 1.165) is 28.5 Å². The third-order valence-electron chi connectivity index (χ3n) is 3.40. The zero-order valence-corrected chi connectivity index (χ0v) is 14.4. The Hall–Kier alpha value is -1.20. The molecular weight excluding hydrogens is 320 g/mol. The maximum atomic E-state index is 11.8. The van der Waals surface area contributed by atoms with Crippen LogP contribution in [0.3, 0.4) is 0 Å². The molecule has 0 fully saturated rings. The summed E-state index contributed by atoms with van der Waals surface area (Å²) in [6, 6.07) is 7.69. The molecule has 6 heteroatoms. The van der Waals surface area contributed by atoms with E-state index in [1.165, 1.54) is 0 Å². The molecule has 1 aromatic carbocycles. The van der Waals surface area contributed by atoms with Crippen molar-refractivity contribution in [2.75, 3.05) is 12.3 Å². The number of nitrogens with zero attached hydrogens (tertiary/aromatic N) is 1. The highest BCUT2D eigenvalue weighted by molar-refractivity contribution is 7.99. The summed E-state index contributed by atoms with van der Waals surface area (Å²) in [7, 11) is 0. The average Bonchev–Trinajstić information content (AvgIpc) is 2.96. The lowest BCUT2D eigenvalue weighted by molar-refractivity contribution is -0.119. The molecule has 0 saturated heterocycles. The van der Waals surface area contributed by atoms with Crippen LogP contribution in [0.25, 0.3) is 0 Å². The number of amides is 1. The molecule has 1 aromatic rings. The molecule has 1 heterocycles. The maximum absolute atomic E-state index is 11.8. The van der Waals surface area contributed by atoms with E-state index in [4.69, 9.17) is 16.4 Å². The van der Waals surface area contributed by atoms with Crippen LogP contribution in [0.5, 0.6) is 0 Å². The summed E-state index contributed by atoms with van der Waals surface area (Å²) in [6.45, 7) is 4.69. The van der Waals surface area contributed by atoms with Crippen molar-refractivity contribution in [3.63, 3.8) is 0 Å². The normalized spacial score (nSPS) is 17.3. The zero-order chi connectivity index (χ0) is 15.9. The molecular formula is C16H21ClN2O2S. The Morgan fingerprint density at radius 1 is 1.50 bits per heavy atom. The summed E-state index contributed by atoms with van der Waals surface area (Å²) in [5.41, 5.74) is 2.11. The van der Waals surface area contributed by atoms with Crippen LogP contribution >= 0.6 is 23.4 Å². The van der Waals surface area contributed by atoms with Gasteiger partial charge in [0.05, 0.1) is 18.0 Å². The minimum absolute atomic E-state index is 0.0126. The summed E-state index contributed by atoms with van der Waals surface area (Å²) >= 11 is 7.63. The predicted molar refractivity (Wildman–Crippen MR) is 92.4 cm³/mol. The van der Waals surface area contributed by atoms with Crippen LogP contribution < -0.4 is 5.32 Å². The number of hydrogen-bond acceptors (Lipinski definition) is 4. The second kappa shape index (κ2) is 8.44. The SMILES string of the molecule is CC(C)C1=NO[C@H](CNC(=O)CSCc2ccccc2Cl)C1. The van der Waals surface area contributed by atoms with Crippen LogP contribution in [-0.2, 0) is 15.4 Å². The number of halogens is 1. The zero-order valence-electron chi connectivity index (χ0n) is 12.8. The quantitative estimate of drug-likeness (QED) is 0.826. The number of carbonyl (C=O) groups excluding carboxylic acids is 1. The molecule has 1 atom stereocenters. The van der Waals surface area contributed by atoms with Crippen molar-refractivity contribution in [3.05, 3.63) is 34.9 Å². The van der Waals surface area contributed by atoms with Gasteiger partial charge in [0.15, 0.2) is 0 Å². The van der Waals surface area contributed by atoms with E-state index in [9.17, 15) is 4.79 Å². The minimum atomic E-state index is -0.0325. The second-order valence-corrected chi connectivity index (χ2v) is 6.95. The molecule has 0 aliphatic carbocycles. The van der Waals surface area contributed by atoms with Gasteiger partial charge in [0.1, 0.15) is 6.10 Å². The van der Waals surface area contributed by atoms with Crippen molar-refractivity contribution in [1.29, 1.82) is 0 Å². The van der Waals surface area contributed by atoms with Crippen molar-refractivity contribution in [2.45, 2.75) is 32.1 Å². The van der Waals surface area contributed by atoms with Crippen molar-refractivity contribution in [3.8, 4) is 0 Å². The summed E-state index contributed by atoms with van der Waals surface area (Å²) in [6.07, 6.45) is 0.764. The molecule has 2 rings (SSSR count). The number of nitrogens with one attached hydrogen (secondary N) is 1. The lowest BCUT2D eigenvalue weighted by Crippen LogP contribution is -2.33. The van der Waals surface area contributed by atoms with E-state index in [2.05, 4.69) is 24.3 Å². The van der Waals surface area contributed by atoms with Gasteiger partial charge in [-0.05, 0) is 17.5 Å². The number of rotatable bonds is 7. The predicted octanol–water partition coefficient (Wildman–Crippen LogP) is 3.49. The fourth-order valence-electron chi connectivity index (χ4n) is 2.05. The molecule has 4 nitrogen and oxygen atoms in total. The van der Waals surface area contributed by atoms with Gasteiger partial charge in [-0.1, -0.05) is 48.8 Å². The molecule has 1 N–H and O–H groups in total. The topological polar surface area (TPSA) is 50.7 Å². The Balaban J connectivity index is 1.62. The first-order chi connectivity index (χ1) is 10.6. The summed E-state index contributed by atoms with van der Waals surface area (Å²) in [5.74, 6) is 1.55. The van der Waals surface area contributed by atoms with Crippen molar-refractivity contribution in [2.24, 2.45) is 11.1 Å². The minimum Gasteiger partial charge on any atom is -0.390 e. The Kier molecular flexibility index (Phi) is 6.58. The largest absolute Gasteiger partial charge is 0.390 e. The molecule has 0 bridgehead atoms. The van der Waals surface area contributed by atoms with E-state index in [0.29, 0.717) is 18.2 Å². The first kappa shape index (κ1) is 17.2. The van der Waals surface area contributed by atoms with Crippen LogP contribution in [0.1, 0.15) is 25.8 Å². The molecule has 0 spiro atoms. The van der Waals surface area contributed by atoms with Crippen LogP contribution in [0.2, 0.25) is 5.02 Å². The standard InChI is InChI=1S/C16H21ClN2O2S/c1-11(2)15-7-13(21-19-15)8-18-16(20)10-22-9-12-5-3-4-6-14(12)17/h3-6,11,13H,7-10H2,1-2H3,(H,18,20)/t13-/m0/s1. The van der Waals surface area contributed by atoms with E-state index < -0.39 is 0 Å². The number of benzene rings is 1. The van der Waals surface area contributed by atoms with Gasteiger partial charge >= 0.3 is 0 Å². The smallest absolute Gasteiger partial charge is 0.230 e. The molecule has 0 unspecified atom stereocenters. The van der Waals surface area contributed by atoms with Gasteiger partial charge in [0, 0.05) is 17.2 Å². The molecule has 1 amide bonds. The molecule has 1 aliphatic heterocycles. The number of hydrogen-bond donors (Lipinski definition) is 1. The summed E-state index contributed by atoms with van der Waals surface area (Å²) < 4.78 is 0. The Bertz CT molecular complexity index is 549. The Labute approximate surface area is 140 Å². The number of oxime groups is 1. The summed E-state index contributed by atoms with van der Waals surface area (Å²) in [5, 5.41) is 7.69. The van der Waals surface area contributed by atoms with Gasteiger partial charge in [0.25, 0.3) is 0 Å². The van der Waals surface area contributed by atoms with Crippen molar-refractivity contribution < 1.29 is 9.63 Å². The highest BCUT2D eigenvalue weighted by Crippen LogP contribution is 2.20. The maximum Gasteiger partial charge on any atom is 0.230 e. The van der Waals surface area contributed by atoms with Gasteiger partial charge in [-0.25, -0.2) is 0 Å². The van der Waals surface area contributed by atoms with Crippen molar-refractivity contribution >= 4 is 35.0 Å². The first-order valence-electron chi connectivity index (χ1n) is 7.36. The monoisotopic (exact) mass is 340 g/mol. The molecule has 0 radical (unpaired) electrons. The lowest BCUT2D eigenvalue weighted by Gasteiger charge is -2.10. The lowest BCUT2D eigenvalue weighted by atomic mass is 10.0. The molecule has 0 saturated carbocycles. The second-order valence-electron chi connectivity index (χ2n) is 5.56. The van der Waals surface area contributed by atoms with Crippen LogP contribution in [0.4, 0.5) is 0 Å². The fourth-order valence-corrected chi connectivity index (χ4v) is 3.19. The van der Waals surface area contributed by atoms with E-state index >= 15 is 0 Å². The fraction of sp³-hybridized carbons (Fsp3) is 0.500. The molecule has 120 valence electrons. The molecule has 1 aliphatic rings. The first-order valence-corrected chi connectivity index (χ1v) is 8.90. The van der Waals surface area contributed by atoms with Gasteiger partial charge < -0.3 is 10.2 Å². The highest BCUT2D eigenvalue weighted by atomic mass is 35.5. The molecule has 0 aromatic heterocycles. The van der Waals surface area contributed by atoms with Gasteiger partial charge in [-0.3, -0.25) is 4.79 Å². The van der Waals surface area contributed by atoms with Gasteiger partial charge in [-0.15, -0.1) is 11.8 Å². The Morgan fingerprint density at radius 2 is 2.27 bits per heavy atom. The van der Waals surface area contributed by atoms with Crippen LogP contribution in [0, 0.1) is 5.92 Å². The average molecular weight is 341 g/mol. The van der Waals surface area contributed by atoms with Gasteiger partial charge in [0.2, 0.25) is 5.91 Å². The van der Waals surface area contributed by atoms with Crippen LogP contribution in [-0.4, -0.2) is 30.0 Å². The summed E-state index contributed by atoms with van der Waals surface area (Å²) in [4.78, 5) is 17.1. The van der Waals surface area contributed by atoms with Gasteiger partial charge in [-0.2, -0.15) is 0 Å².